The molecule has 0 radical (unpaired) electrons. The Hall–Kier alpha value is -0.630. The van der Waals surface area contributed by atoms with E-state index in [1.807, 2.05) is 6.08 Å². The highest BCUT2D eigenvalue weighted by molar-refractivity contribution is 5.85. The van der Waals surface area contributed by atoms with Crippen molar-refractivity contribution in [1.29, 1.82) is 0 Å². The van der Waals surface area contributed by atoms with Crippen LogP contribution < -0.4 is 0 Å². The number of allylic oxidation sites excluding steroid dienone is 1. The van der Waals surface area contributed by atoms with Gasteiger partial charge in [0.15, 0.2) is 0 Å². The zero-order valence-corrected chi connectivity index (χ0v) is 7.55. The summed E-state index contributed by atoms with van der Waals surface area (Å²) < 4.78 is 0. The zero-order valence-electron chi connectivity index (χ0n) is 7.55. The van der Waals surface area contributed by atoms with Gasteiger partial charge in [-0.15, -0.1) is 6.58 Å². The average Bonchev–Trinajstić information content (AvgIpc) is 2.75. The summed E-state index contributed by atoms with van der Waals surface area (Å²) in [6.07, 6.45) is 3.93. The molecule has 1 N–H and O–H groups in total. The van der Waals surface area contributed by atoms with Crippen molar-refractivity contribution in [2.24, 2.45) is 11.3 Å². The lowest BCUT2D eigenvalue weighted by molar-refractivity contribution is -0.121. The van der Waals surface area contributed by atoms with Gasteiger partial charge in [-0.25, -0.2) is 0 Å². The maximum atomic E-state index is 11.4. The molecule has 0 aromatic rings. The molecule has 1 aliphatic carbocycles. The van der Waals surface area contributed by atoms with Crippen LogP contribution in [0.1, 0.15) is 26.2 Å². The second-order valence-corrected chi connectivity index (χ2v) is 3.76. The summed E-state index contributed by atoms with van der Waals surface area (Å²) in [4.78, 5) is 11.4. The minimum Gasteiger partial charge on any atom is -0.396 e. The highest BCUT2D eigenvalue weighted by Crippen LogP contribution is 2.53. The van der Waals surface area contributed by atoms with Crippen molar-refractivity contribution in [1.82, 2.24) is 0 Å². The number of hydrogen-bond donors (Lipinski definition) is 1. The summed E-state index contributed by atoms with van der Waals surface area (Å²) in [7, 11) is 0. The van der Waals surface area contributed by atoms with Gasteiger partial charge in [0.1, 0.15) is 5.78 Å². The first-order chi connectivity index (χ1) is 5.64. The quantitative estimate of drug-likeness (QED) is 0.632. The number of carbonyl (C=O) groups is 1. The predicted octanol–water partition coefficient (Wildman–Crippen LogP) is 1.54. The van der Waals surface area contributed by atoms with Crippen LogP contribution in [0.4, 0.5) is 0 Å². The van der Waals surface area contributed by atoms with Gasteiger partial charge >= 0.3 is 0 Å². The number of Topliss-reactive ketones (excluding diaryl/α,β-unsaturated/α-hetero) is 1. The monoisotopic (exact) mass is 168 g/mol. The van der Waals surface area contributed by atoms with E-state index in [2.05, 4.69) is 13.5 Å². The number of carbonyl (C=O) groups excluding carboxylic acids is 1. The number of aliphatic hydroxyl groups excluding tert-OH is 1. The van der Waals surface area contributed by atoms with Crippen LogP contribution in [0.3, 0.4) is 0 Å². The van der Waals surface area contributed by atoms with Gasteiger partial charge in [0.2, 0.25) is 0 Å². The number of ketones is 1. The van der Waals surface area contributed by atoms with Gasteiger partial charge in [-0.05, 0) is 18.3 Å². The number of rotatable bonds is 5. The molecule has 0 amide bonds. The van der Waals surface area contributed by atoms with Crippen LogP contribution in [-0.4, -0.2) is 17.5 Å². The van der Waals surface area contributed by atoms with Crippen molar-refractivity contribution >= 4 is 5.78 Å². The van der Waals surface area contributed by atoms with E-state index in [1.54, 1.807) is 0 Å². The summed E-state index contributed by atoms with van der Waals surface area (Å²) >= 11 is 0. The topological polar surface area (TPSA) is 37.3 Å². The van der Waals surface area contributed by atoms with Gasteiger partial charge < -0.3 is 5.11 Å². The fourth-order valence-corrected chi connectivity index (χ4v) is 1.52. The molecule has 0 saturated heterocycles. The van der Waals surface area contributed by atoms with E-state index >= 15 is 0 Å². The normalized spacial score (nSPS) is 33.0. The Morgan fingerprint density at radius 2 is 2.50 bits per heavy atom. The van der Waals surface area contributed by atoms with Crippen LogP contribution in [-0.2, 0) is 4.79 Å². The first kappa shape index (κ1) is 9.46. The van der Waals surface area contributed by atoms with Crippen LogP contribution in [0.5, 0.6) is 0 Å². The van der Waals surface area contributed by atoms with Crippen molar-refractivity contribution in [3.63, 3.8) is 0 Å². The summed E-state index contributed by atoms with van der Waals surface area (Å²) in [5.41, 5.74) is 0.0620. The Morgan fingerprint density at radius 1 is 1.83 bits per heavy atom. The highest BCUT2D eigenvalue weighted by atomic mass is 16.3. The molecule has 1 saturated carbocycles. The molecule has 2 heteroatoms. The van der Waals surface area contributed by atoms with Crippen LogP contribution in [0.2, 0.25) is 0 Å². The summed E-state index contributed by atoms with van der Waals surface area (Å²) in [6.45, 7) is 5.88. The molecule has 1 aliphatic rings. The molecule has 0 spiro atoms. The second-order valence-electron chi connectivity index (χ2n) is 3.76. The summed E-state index contributed by atoms with van der Waals surface area (Å²) in [6, 6.07) is 0. The number of hydrogen-bond acceptors (Lipinski definition) is 2. The molecule has 0 aromatic heterocycles. The molecule has 2 atom stereocenters. The van der Waals surface area contributed by atoms with Gasteiger partial charge in [-0.1, -0.05) is 13.0 Å². The van der Waals surface area contributed by atoms with E-state index < -0.39 is 0 Å². The lowest BCUT2D eigenvalue weighted by atomic mass is 10.0. The molecule has 0 aromatic carbocycles. The van der Waals surface area contributed by atoms with E-state index in [9.17, 15) is 4.79 Å². The van der Waals surface area contributed by atoms with E-state index in [0.717, 1.165) is 6.42 Å². The number of aliphatic hydroxyl groups is 1. The average molecular weight is 168 g/mol. The smallest absolute Gasteiger partial charge is 0.136 e. The van der Waals surface area contributed by atoms with Gasteiger partial charge in [0.25, 0.3) is 0 Å². The first-order valence-corrected chi connectivity index (χ1v) is 4.41. The van der Waals surface area contributed by atoms with Crippen LogP contribution in [0, 0.1) is 11.3 Å². The van der Waals surface area contributed by atoms with Crippen molar-refractivity contribution in [2.45, 2.75) is 26.2 Å². The summed E-state index contributed by atoms with van der Waals surface area (Å²) in [5, 5.41) is 8.53. The van der Waals surface area contributed by atoms with Crippen molar-refractivity contribution < 1.29 is 9.90 Å². The molecule has 0 heterocycles. The van der Waals surface area contributed by atoms with Crippen molar-refractivity contribution in [2.75, 3.05) is 6.61 Å². The van der Waals surface area contributed by atoms with Crippen LogP contribution in [0.25, 0.3) is 0 Å². The molecule has 12 heavy (non-hydrogen) atoms. The van der Waals surface area contributed by atoms with Gasteiger partial charge in [0.05, 0.1) is 0 Å². The van der Waals surface area contributed by atoms with E-state index in [-0.39, 0.29) is 23.7 Å². The van der Waals surface area contributed by atoms with E-state index in [0.29, 0.717) is 12.8 Å². The molecular weight excluding hydrogens is 152 g/mol. The Labute approximate surface area is 73.3 Å². The Bertz CT molecular complexity index is 198. The third-order valence-electron chi connectivity index (χ3n) is 2.72. The largest absolute Gasteiger partial charge is 0.396 e. The minimum atomic E-state index is 0.0620. The molecule has 68 valence electrons. The molecular formula is C10H16O2. The molecule has 0 unspecified atom stereocenters. The van der Waals surface area contributed by atoms with Crippen molar-refractivity contribution in [3.05, 3.63) is 12.7 Å². The molecule has 0 bridgehead atoms. The Morgan fingerprint density at radius 3 is 2.92 bits per heavy atom. The molecule has 1 fully saturated rings. The molecule has 1 rings (SSSR count). The van der Waals surface area contributed by atoms with Crippen LogP contribution >= 0.6 is 0 Å². The third kappa shape index (κ3) is 1.75. The Kier molecular flexibility index (Phi) is 2.68. The fraction of sp³-hybridized carbons (Fsp3) is 0.700. The maximum Gasteiger partial charge on any atom is 0.136 e. The second kappa shape index (κ2) is 3.40. The maximum absolute atomic E-state index is 11.4. The van der Waals surface area contributed by atoms with E-state index in [1.165, 1.54) is 0 Å². The summed E-state index contributed by atoms with van der Waals surface area (Å²) in [5.74, 6) is 0.466. The van der Waals surface area contributed by atoms with Crippen LogP contribution in [0.15, 0.2) is 12.7 Å². The molecule has 2 nitrogen and oxygen atoms in total. The molecule has 0 aliphatic heterocycles. The first-order valence-electron chi connectivity index (χ1n) is 4.41. The van der Waals surface area contributed by atoms with Crippen molar-refractivity contribution in [3.8, 4) is 0 Å². The Balaban J connectivity index is 2.33. The predicted molar refractivity (Wildman–Crippen MR) is 47.7 cm³/mol. The third-order valence-corrected chi connectivity index (χ3v) is 2.72. The lowest BCUT2D eigenvalue weighted by Crippen LogP contribution is -2.06. The van der Waals surface area contributed by atoms with Gasteiger partial charge in [-0.3, -0.25) is 4.79 Å². The standard InChI is InChI=1S/C10H16O2/c1-3-10(2)7-8(10)9(12)5-4-6-11/h3,8,11H,1,4-7H2,2H3/t8-,10+/m0/s1. The zero-order chi connectivity index (χ0) is 9.19. The highest BCUT2D eigenvalue weighted by Gasteiger charge is 2.51. The SMILES string of the molecule is C=C[C@]1(C)C[C@H]1C(=O)CCCO. The fourth-order valence-electron chi connectivity index (χ4n) is 1.52. The minimum absolute atomic E-state index is 0.0620. The van der Waals surface area contributed by atoms with Gasteiger partial charge in [0, 0.05) is 18.9 Å². The van der Waals surface area contributed by atoms with Gasteiger partial charge in [-0.2, -0.15) is 0 Å². The lowest BCUT2D eigenvalue weighted by Gasteiger charge is -2.02. The van der Waals surface area contributed by atoms with E-state index in [4.69, 9.17) is 5.11 Å².